The van der Waals surface area contributed by atoms with E-state index in [1.54, 1.807) is 0 Å². The third-order valence-corrected chi connectivity index (χ3v) is 5.17. The zero-order chi connectivity index (χ0) is 21.2. The highest BCUT2D eigenvalue weighted by Crippen LogP contribution is 2.16. The molecule has 1 aliphatic rings. The normalized spacial score (nSPS) is 14.3. The number of anilines is 1. The van der Waals surface area contributed by atoms with Crippen LogP contribution < -0.4 is 10.1 Å². The van der Waals surface area contributed by atoms with Crippen LogP contribution in [-0.4, -0.2) is 61.8 Å². The number of rotatable bonds is 9. The van der Waals surface area contributed by atoms with Crippen LogP contribution in [0.1, 0.15) is 24.5 Å². The molecule has 0 unspecified atom stereocenters. The van der Waals surface area contributed by atoms with E-state index in [2.05, 4.69) is 10.2 Å². The Morgan fingerprint density at radius 1 is 1.17 bits per heavy atom. The molecule has 0 aliphatic carbocycles. The Bertz CT molecular complexity index is 789. The molecule has 6 nitrogen and oxygen atoms in total. The topological polar surface area (TPSA) is 54.0 Å². The first-order valence-electron chi connectivity index (χ1n) is 10.8. The van der Waals surface area contributed by atoms with Gasteiger partial charge in [-0.1, -0.05) is 24.3 Å². The summed E-state index contributed by atoms with van der Waals surface area (Å²) in [7, 11) is 0. The van der Waals surface area contributed by atoms with Gasteiger partial charge in [0.2, 0.25) is 0 Å². The van der Waals surface area contributed by atoms with Gasteiger partial charge in [0, 0.05) is 38.4 Å². The number of aryl methyl sites for hydroxylation is 1. The smallest absolute Gasteiger partial charge is 0.322 e. The number of carbonyl (C=O) groups is 1. The van der Waals surface area contributed by atoms with Gasteiger partial charge in [0.05, 0.1) is 19.8 Å². The number of amides is 2. The molecule has 162 valence electrons. The van der Waals surface area contributed by atoms with Crippen LogP contribution in [0.25, 0.3) is 0 Å². The maximum absolute atomic E-state index is 13.0. The van der Waals surface area contributed by atoms with Crippen LogP contribution in [0, 0.1) is 6.92 Å². The van der Waals surface area contributed by atoms with Crippen molar-refractivity contribution in [3.8, 4) is 5.75 Å². The lowest BCUT2D eigenvalue weighted by Crippen LogP contribution is -2.40. The Kier molecular flexibility index (Phi) is 8.53. The Labute approximate surface area is 179 Å². The summed E-state index contributed by atoms with van der Waals surface area (Å²) >= 11 is 0. The summed E-state index contributed by atoms with van der Waals surface area (Å²) < 4.78 is 10.9. The lowest BCUT2D eigenvalue weighted by molar-refractivity contribution is 0.0365. The Morgan fingerprint density at radius 3 is 2.63 bits per heavy atom. The Morgan fingerprint density at radius 2 is 1.93 bits per heavy atom. The quantitative estimate of drug-likeness (QED) is 0.674. The molecule has 0 aromatic heterocycles. The molecule has 1 aliphatic heterocycles. The Hall–Kier alpha value is -2.57. The lowest BCUT2D eigenvalue weighted by atomic mass is 10.2. The van der Waals surface area contributed by atoms with E-state index in [1.165, 1.54) is 0 Å². The minimum Gasteiger partial charge on any atom is -0.494 e. The summed E-state index contributed by atoms with van der Waals surface area (Å²) in [5, 5.41) is 3.05. The fourth-order valence-corrected chi connectivity index (χ4v) is 3.57. The first kappa shape index (κ1) is 22.1. The summed E-state index contributed by atoms with van der Waals surface area (Å²) in [6.45, 7) is 10.4. The van der Waals surface area contributed by atoms with Crippen molar-refractivity contribution in [3.63, 3.8) is 0 Å². The number of nitrogens with zero attached hydrogens (tertiary/aromatic N) is 2. The van der Waals surface area contributed by atoms with Crippen molar-refractivity contribution in [2.75, 3.05) is 51.3 Å². The van der Waals surface area contributed by atoms with E-state index in [1.807, 2.05) is 67.3 Å². The molecular weight excluding hydrogens is 378 g/mol. The number of ether oxygens (including phenoxy) is 2. The average Bonchev–Trinajstić information content (AvgIpc) is 2.75. The molecular formula is C24H33N3O3. The second-order valence-electron chi connectivity index (χ2n) is 7.61. The van der Waals surface area contributed by atoms with Crippen molar-refractivity contribution in [1.82, 2.24) is 9.80 Å². The molecule has 6 heteroatoms. The molecule has 2 aromatic carbocycles. The number of morpholine rings is 1. The first-order valence-corrected chi connectivity index (χ1v) is 10.8. The van der Waals surface area contributed by atoms with Gasteiger partial charge < -0.3 is 19.7 Å². The number of hydrogen-bond acceptors (Lipinski definition) is 4. The molecule has 0 spiro atoms. The molecule has 2 aromatic rings. The minimum atomic E-state index is -0.0727. The summed E-state index contributed by atoms with van der Waals surface area (Å²) in [6, 6.07) is 15.8. The number of nitrogens with one attached hydrogen (secondary N) is 1. The third kappa shape index (κ3) is 7.04. The number of carbonyl (C=O) groups excluding carboxylic acids is 1. The molecule has 30 heavy (non-hydrogen) atoms. The fourth-order valence-electron chi connectivity index (χ4n) is 3.57. The highest BCUT2D eigenvalue weighted by molar-refractivity contribution is 5.89. The SMILES string of the molecule is CCOc1ccc(CN(CCCN2CCOCC2)C(=O)Nc2cccc(C)c2)cc1. The van der Waals surface area contributed by atoms with E-state index in [4.69, 9.17) is 9.47 Å². The molecule has 0 saturated carbocycles. The second-order valence-corrected chi connectivity index (χ2v) is 7.61. The summed E-state index contributed by atoms with van der Waals surface area (Å²) in [5.41, 5.74) is 3.03. The molecule has 1 N–H and O–H groups in total. The van der Waals surface area contributed by atoms with Crippen molar-refractivity contribution in [2.24, 2.45) is 0 Å². The average molecular weight is 412 g/mol. The lowest BCUT2D eigenvalue weighted by Gasteiger charge is -2.28. The number of hydrogen-bond donors (Lipinski definition) is 1. The van der Waals surface area contributed by atoms with Gasteiger partial charge >= 0.3 is 6.03 Å². The zero-order valence-electron chi connectivity index (χ0n) is 18.1. The van der Waals surface area contributed by atoms with Gasteiger partial charge in [0.1, 0.15) is 5.75 Å². The van der Waals surface area contributed by atoms with Crippen LogP contribution >= 0.6 is 0 Å². The summed E-state index contributed by atoms with van der Waals surface area (Å²) in [6.07, 6.45) is 0.929. The maximum Gasteiger partial charge on any atom is 0.322 e. The highest BCUT2D eigenvalue weighted by Gasteiger charge is 2.16. The van der Waals surface area contributed by atoms with Crippen molar-refractivity contribution < 1.29 is 14.3 Å². The molecule has 0 atom stereocenters. The van der Waals surface area contributed by atoms with Crippen molar-refractivity contribution >= 4 is 11.7 Å². The van der Waals surface area contributed by atoms with Gasteiger partial charge in [-0.05, 0) is 55.7 Å². The molecule has 1 saturated heterocycles. The number of urea groups is 1. The van der Waals surface area contributed by atoms with Crippen LogP contribution in [0.15, 0.2) is 48.5 Å². The standard InChI is InChI=1S/C24H33N3O3/c1-3-30-23-10-8-21(9-11-23)19-27(13-5-12-26-14-16-29-17-15-26)24(28)25-22-7-4-6-20(2)18-22/h4,6-11,18H,3,5,12-17,19H2,1-2H3,(H,25,28). The predicted octanol–water partition coefficient (Wildman–Crippen LogP) is 4.15. The molecule has 3 rings (SSSR count). The van der Waals surface area contributed by atoms with E-state index in [-0.39, 0.29) is 6.03 Å². The van der Waals surface area contributed by atoms with Gasteiger partial charge in [-0.15, -0.1) is 0 Å². The van der Waals surface area contributed by atoms with E-state index >= 15 is 0 Å². The van der Waals surface area contributed by atoms with Gasteiger partial charge in [0.15, 0.2) is 0 Å². The third-order valence-electron chi connectivity index (χ3n) is 5.17. The van der Waals surface area contributed by atoms with Gasteiger partial charge in [-0.25, -0.2) is 4.79 Å². The number of benzene rings is 2. The highest BCUT2D eigenvalue weighted by atomic mass is 16.5. The molecule has 2 amide bonds. The van der Waals surface area contributed by atoms with E-state index in [0.29, 0.717) is 19.7 Å². The van der Waals surface area contributed by atoms with Crippen molar-refractivity contribution in [3.05, 3.63) is 59.7 Å². The van der Waals surface area contributed by atoms with E-state index in [9.17, 15) is 4.79 Å². The summed E-state index contributed by atoms with van der Waals surface area (Å²) in [4.78, 5) is 17.3. The van der Waals surface area contributed by atoms with E-state index in [0.717, 1.165) is 61.8 Å². The van der Waals surface area contributed by atoms with Crippen LogP contribution in [0.2, 0.25) is 0 Å². The van der Waals surface area contributed by atoms with Crippen LogP contribution in [0.5, 0.6) is 5.75 Å². The largest absolute Gasteiger partial charge is 0.494 e. The van der Waals surface area contributed by atoms with E-state index < -0.39 is 0 Å². The van der Waals surface area contributed by atoms with Gasteiger partial charge in [0.25, 0.3) is 0 Å². The monoisotopic (exact) mass is 411 g/mol. The second kappa shape index (κ2) is 11.6. The molecule has 1 fully saturated rings. The van der Waals surface area contributed by atoms with Crippen LogP contribution in [0.4, 0.5) is 10.5 Å². The van der Waals surface area contributed by atoms with Crippen LogP contribution in [-0.2, 0) is 11.3 Å². The molecule has 0 bridgehead atoms. The van der Waals surface area contributed by atoms with Crippen LogP contribution in [0.3, 0.4) is 0 Å². The fraction of sp³-hybridized carbons (Fsp3) is 0.458. The molecule has 0 radical (unpaired) electrons. The first-order chi connectivity index (χ1) is 14.6. The van der Waals surface area contributed by atoms with Gasteiger partial charge in [-0.2, -0.15) is 0 Å². The minimum absolute atomic E-state index is 0.0727. The van der Waals surface area contributed by atoms with Crippen molar-refractivity contribution in [2.45, 2.75) is 26.8 Å². The van der Waals surface area contributed by atoms with Gasteiger partial charge in [-0.3, -0.25) is 4.90 Å². The summed E-state index contributed by atoms with van der Waals surface area (Å²) in [5.74, 6) is 0.851. The Balaban J connectivity index is 1.62. The maximum atomic E-state index is 13.0. The molecule has 1 heterocycles. The zero-order valence-corrected chi connectivity index (χ0v) is 18.1. The predicted molar refractivity (Wildman–Crippen MR) is 120 cm³/mol. The van der Waals surface area contributed by atoms with Crippen molar-refractivity contribution in [1.29, 1.82) is 0 Å².